The van der Waals surface area contributed by atoms with E-state index in [1.54, 1.807) is 24.3 Å². The van der Waals surface area contributed by atoms with Gasteiger partial charge < -0.3 is 4.18 Å². The van der Waals surface area contributed by atoms with Gasteiger partial charge in [0.05, 0.1) is 4.58 Å². The molecule has 0 aromatic heterocycles. The number of hydrogen-bond donors (Lipinski definition) is 0. The highest BCUT2D eigenvalue weighted by Crippen LogP contribution is 2.45. The van der Waals surface area contributed by atoms with E-state index in [1.807, 2.05) is 35.7 Å². The van der Waals surface area contributed by atoms with E-state index in [9.17, 15) is 8.42 Å². The summed E-state index contributed by atoms with van der Waals surface area (Å²) < 4.78 is 30.0. The van der Waals surface area contributed by atoms with Gasteiger partial charge in [-0.1, -0.05) is 29.8 Å². The van der Waals surface area contributed by atoms with E-state index in [1.165, 1.54) is 17.7 Å². The van der Waals surface area contributed by atoms with Crippen molar-refractivity contribution in [3.63, 3.8) is 0 Å². The van der Waals surface area contributed by atoms with Crippen LogP contribution in [0.5, 0.6) is 5.75 Å². The smallest absolute Gasteiger partial charge is 0.339 e. The van der Waals surface area contributed by atoms with Gasteiger partial charge >= 0.3 is 10.1 Å². The molecule has 1 aliphatic heterocycles. The van der Waals surface area contributed by atoms with Crippen LogP contribution in [0.15, 0.2) is 53.4 Å². The van der Waals surface area contributed by atoms with Crippen molar-refractivity contribution < 1.29 is 12.6 Å². The van der Waals surface area contributed by atoms with Gasteiger partial charge in [-0.05, 0) is 35.9 Å². The number of halogens is 1. The first kappa shape index (κ1) is 16.1. The van der Waals surface area contributed by atoms with Gasteiger partial charge in [-0.3, -0.25) is 0 Å². The summed E-state index contributed by atoms with van der Waals surface area (Å²) in [5.74, 6) is 2.60. The van der Waals surface area contributed by atoms with E-state index in [-0.39, 0.29) is 4.90 Å². The Balaban J connectivity index is 1.77. The zero-order chi connectivity index (χ0) is 15.6. The van der Waals surface area contributed by atoms with Crippen LogP contribution in [0.2, 0.25) is 5.02 Å². The molecule has 0 aliphatic carbocycles. The Morgan fingerprint density at radius 3 is 2.36 bits per heavy atom. The maximum atomic E-state index is 12.2. The van der Waals surface area contributed by atoms with Crippen LogP contribution in [0.25, 0.3) is 0 Å². The quantitative estimate of drug-likeness (QED) is 0.734. The van der Waals surface area contributed by atoms with Crippen LogP contribution < -0.4 is 4.18 Å². The van der Waals surface area contributed by atoms with Crippen molar-refractivity contribution in [2.75, 3.05) is 11.5 Å². The van der Waals surface area contributed by atoms with E-state index in [2.05, 4.69) is 0 Å². The third-order valence-corrected chi connectivity index (χ3v) is 7.65. The SMILES string of the molecule is O=S(=O)(Oc1ccc(C2SCCS2)cc1)c1cccc(Cl)c1. The van der Waals surface area contributed by atoms with Gasteiger partial charge in [0.25, 0.3) is 0 Å². The first-order valence-corrected chi connectivity index (χ1v) is 10.5. The third-order valence-electron chi connectivity index (χ3n) is 3.06. The summed E-state index contributed by atoms with van der Waals surface area (Å²) in [4.78, 5) is 0.0472. The lowest BCUT2D eigenvalue weighted by molar-refractivity contribution is 0.486. The predicted octanol–water partition coefficient (Wildman–Crippen LogP) is 4.59. The number of benzene rings is 2. The Morgan fingerprint density at radius 1 is 1.05 bits per heavy atom. The van der Waals surface area contributed by atoms with E-state index in [4.69, 9.17) is 15.8 Å². The summed E-state index contributed by atoms with van der Waals surface area (Å²) in [6.45, 7) is 0. The van der Waals surface area contributed by atoms with Crippen molar-refractivity contribution in [1.82, 2.24) is 0 Å². The molecule has 2 aromatic carbocycles. The molecule has 0 spiro atoms. The zero-order valence-corrected chi connectivity index (χ0v) is 14.6. The topological polar surface area (TPSA) is 43.4 Å². The Hall–Kier alpha value is -0.820. The van der Waals surface area contributed by atoms with Crippen LogP contribution in [0.4, 0.5) is 0 Å². The largest absolute Gasteiger partial charge is 0.379 e. The van der Waals surface area contributed by atoms with Crippen molar-refractivity contribution in [2.45, 2.75) is 9.48 Å². The fourth-order valence-electron chi connectivity index (χ4n) is 2.03. The number of rotatable bonds is 4. The van der Waals surface area contributed by atoms with Crippen LogP contribution in [0.1, 0.15) is 10.1 Å². The van der Waals surface area contributed by atoms with E-state index in [0.717, 1.165) is 11.5 Å². The minimum Gasteiger partial charge on any atom is -0.379 e. The lowest BCUT2D eigenvalue weighted by Gasteiger charge is -2.10. The average molecular weight is 373 g/mol. The highest BCUT2D eigenvalue weighted by atomic mass is 35.5. The molecule has 1 heterocycles. The maximum Gasteiger partial charge on any atom is 0.339 e. The van der Waals surface area contributed by atoms with Crippen molar-refractivity contribution in [2.24, 2.45) is 0 Å². The van der Waals surface area contributed by atoms with E-state index >= 15 is 0 Å². The number of thioether (sulfide) groups is 2. The molecule has 3 rings (SSSR count). The molecule has 1 aliphatic rings. The molecule has 0 atom stereocenters. The van der Waals surface area contributed by atoms with Crippen LogP contribution in [-0.4, -0.2) is 19.9 Å². The van der Waals surface area contributed by atoms with Crippen LogP contribution >= 0.6 is 35.1 Å². The highest BCUT2D eigenvalue weighted by molar-refractivity contribution is 8.19. The van der Waals surface area contributed by atoms with Gasteiger partial charge in [0.2, 0.25) is 0 Å². The molecular formula is C15H13ClO3S3. The molecule has 2 aromatic rings. The summed E-state index contributed by atoms with van der Waals surface area (Å²) in [6, 6.07) is 13.2. The first-order valence-electron chi connectivity index (χ1n) is 6.58. The van der Waals surface area contributed by atoms with Crippen LogP contribution in [0.3, 0.4) is 0 Å². The Morgan fingerprint density at radius 2 is 1.73 bits per heavy atom. The molecular weight excluding hydrogens is 360 g/mol. The van der Waals surface area contributed by atoms with Crippen LogP contribution in [0, 0.1) is 0 Å². The predicted molar refractivity (Wildman–Crippen MR) is 93.4 cm³/mol. The second-order valence-electron chi connectivity index (χ2n) is 4.64. The molecule has 22 heavy (non-hydrogen) atoms. The van der Waals surface area contributed by atoms with Crippen molar-refractivity contribution >= 4 is 45.2 Å². The summed E-state index contributed by atoms with van der Waals surface area (Å²) in [5, 5.41) is 0.357. The Labute approximate surface area is 143 Å². The van der Waals surface area contributed by atoms with Gasteiger partial charge in [0.1, 0.15) is 10.6 Å². The number of hydrogen-bond acceptors (Lipinski definition) is 5. The fraction of sp³-hybridized carbons (Fsp3) is 0.200. The molecule has 7 heteroatoms. The Bertz CT molecular complexity index is 754. The lowest BCUT2D eigenvalue weighted by Crippen LogP contribution is -2.09. The second-order valence-corrected chi connectivity index (χ2v) is 9.34. The molecule has 0 unspecified atom stereocenters. The molecule has 1 saturated heterocycles. The zero-order valence-electron chi connectivity index (χ0n) is 11.4. The maximum absolute atomic E-state index is 12.2. The Kier molecular flexibility index (Phi) is 4.92. The highest BCUT2D eigenvalue weighted by Gasteiger charge is 2.20. The third kappa shape index (κ3) is 3.74. The summed E-state index contributed by atoms with van der Waals surface area (Å²) in [5.41, 5.74) is 1.18. The fourth-order valence-corrected chi connectivity index (χ4v) is 6.12. The summed E-state index contributed by atoms with van der Waals surface area (Å²) >= 11 is 9.63. The molecule has 0 amide bonds. The minimum absolute atomic E-state index is 0.0472. The second kappa shape index (κ2) is 6.74. The van der Waals surface area contributed by atoms with E-state index < -0.39 is 10.1 Å². The molecule has 0 radical (unpaired) electrons. The first-order chi connectivity index (χ1) is 10.5. The van der Waals surface area contributed by atoms with Crippen molar-refractivity contribution in [3.8, 4) is 5.75 Å². The normalized spacial score (nSPS) is 15.9. The van der Waals surface area contributed by atoms with Crippen LogP contribution in [-0.2, 0) is 10.1 Å². The molecule has 116 valence electrons. The van der Waals surface area contributed by atoms with Gasteiger partial charge in [0, 0.05) is 16.5 Å². The minimum atomic E-state index is -3.86. The molecule has 0 saturated carbocycles. The molecule has 1 fully saturated rings. The van der Waals surface area contributed by atoms with Gasteiger partial charge in [-0.25, -0.2) is 0 Å². The monoisotopic (exact) mass is 372 g/mol. The van der Waals surface area contributed by atoms with Gasteiger partial charge in [-0.15, -0.1) is 23.5 Å². The molecule has 0 bridgehead atoms. The standard InChI is InChI=1S/C15H13ClO3S3/c16-12-2-1-3-14(10-12)22(17,18)19-13-6-4-11(5-7-13)15-20-8-9-21-15/h1-7,10,15H,8-9H2. The van der Waals surface area contributed by atoms with E-state index in [0.29, 0.717) is 15.4 Å². The van der Waals surface area contributed by atoms with Gasteiger partial charge in [0.15, 0.2) is 0 Å². The average Bonchev–Trinajstić information content (AvgIpc) is 3.02. The summed E-state index contributed by atoms with van der Waals surface area (Å²) in [6.07, 6.45) is 0. The van der Waals surface area contributed by atoms with Gasteiger partial charge in [-0.2, -0.15) is 8.42 Å². The molecule has 3 nitrogen and oxygen atoms in total. The van der Waals surface area contributed by atoms with Crippen molar-refractivity contribution in [3.05, 3.63) is 59.1 Å². The summed E-state index contributed by atoms with van der Waals surface area (Å²) in [7, 11) is -3.86. The van der Waals surface area contributed by atoms with Crippen molar-refractivity contribution in [1.29, 1.82) is 0 Å². The molecule has 0 N–H and O–H groups in total. The lowest BCUT2D eigenvalue weighted by atomic mass is 10.2.